The lowest BCUT2D eigenvalue weighted by Crippen LogP contribution is -2.26. The molecule has 0 fully saturated rings. The van der Waals surface area contributed by atoms with Crippen molar-refractivity contribution in [1.82, 2.24) is 5.32 Å². The third-order valence-electron chi connectivity index (χ3n) is 2.12. The minimum absolute atomic E-state index is 0.0215. The molecule has 18 heavy (non-hydrogen) atoms. The summed E-state index contributed by atoms with van der Waals surface area (Å²) in [5, 5.41) is 12.7. The van der Waals surface area contributed by atoms with Crippen LogP contribution in [-0.2, 0) is 26.6 Å². The molecule has 7 nitrogen and oxygen atoms in total. The topological polar surface area (TPSA) is 132 Å². The summed E-state index contributed by atoms with van der Waals surface area (Å²) in [6.07, 6.45) is 0. The molecule has 0 radical (unpaired) electrons. The van der Waals surface area contributed by atoms with Crippen LogP contribution in [0.15, 0.2) is 29.2 Å². The van der Waals surface area contributed by atoms with Crippen LogP contribution in [0.3, 0.4) is 0 Å². The summed E-state index contributed by atoms with van der Waals surface area (Å²) >= 11 is 0. The average Bonchev–Trinajstić information content (AvgIpc) is 2.22. The van der Waals surface area contributed by atoms with Crippen molar-refractivity contribution in [2.45, 2.75) is 11.4 Å². The predicted molar refractivity (Wildman–Crippen MR) is 67.5 cm³/mol. The molecular formula is C9H15N3O4S2. The zero-order valence-electron chi connectivity index (χ0n) is 9.53. The quantitative estimate of drug-likeness (QED) is 0.561. The van der Waals surface area contributed by atoms with Gasteiger partial charge in [-0.25, -0.2) is 27.1 Å². The number of nitrogens with one attached hydrogen (secondary N) is 1. The van der Waals surface area contributed by atoms with Gasteiger partial charge in [-0.3, -0.25) is 0 Å². The summed E-state index contributed by atoms with van der Waals surface area (Å²) in [6, 6.07) is 6.09. The van der Waals surface area contributed by atoms with Gasteiger partial charge in [0.15, 0.2) is 0 Å². The SMILES string of the molecule is NS(=O)(=O)CCNCc1cccc(S(N)(=O)=O)c1. The van der Waals surface area contributed by atoms with Crippen LogP contribution < -0.4 is 15.6 Å². The molecule has 9 heteroatoms. The summed E-state index contributed by atoms with van der Waals surface area (Å²) < 4.78 is 43.6. The van der Waals surface area contributed by atoms with E-state index < -0.39 is 20.0 Å². The summed E-state index contributed by atoms with van der Waals surface area (Å²) in [4.78, 5) is 0.0215. The van der Waals surface area contributed by atoms with Gasteiger partial charge in [0, 0.05) is 13.1 Å². The van der Waals surface area contributed by atoms with Gasteiger partial charge >= 0.3 is 0 Å². The van der Waals surface area contributed by atoms with E-state index in [4.69, 9.17) is 10.3 Å². The molecule has 0 aromatic heterocycles. The van der Waals surface area contributed by atoms with Gasteiger partial charge in [-0.05, 0) is 17.7 Å². The molecule has 0 heterocycles. The molecule has 0 bridgehead atoms. The van der Waals surface area contributed by atoms with Crippen LogP contribution in [0.5, 0.6) is 0 Å². The van der Waals surface area contributed by atoms with Crippen LogP contribution in [0.4, 0.5) is 0 Å². The molecule has 5 N–H and O–H groups in total. The number of primary sulfonamides is 2. The first kappa shape index (κ1) is 15.1. The Morgan fingerprint density at radius 2 is 1.78 bits per heavy atom. The Labute approximate surface area is 106 Å². The van der Waals surface area contributed by atoms with Gasteiger partial charge in [-0.2, -0.15) is 0 Å². The molecule has 0 saturated heterocycles. The first-order valence-corrected chi connectivity index (χ1v) is 8.27. The standard InChI is InChI=1S/C9H15N3O4S2/c10-17(13,14)5-4-12-7-8-2-1-3-9(6-8)18(11,15)16/h1-3,6,12H,4-5,7H2,(H2,10,13,14)(H2,11,15,16). The highest BCUT2D eigenvalue weighted by atomic mass is 32.2. The van der Waals surface area contributed by atoms with Gasteiger partial charge < -0.3 is 5.32 Å². The lowest BCUT2D eigenvalue weighted by atomic mass is 10.2. The third-order valence-corrected chi connectivity index (χ3v) is 3.80. The molecule has 0 unspecified atom stereocenters. The van der Waals surface area contributed by atoms with E-state index in [1.165, 1.54) is 12.1 Å². The second-order valence-corrected chi connectivity index (χ2v) is 7.03. The van der Waals surface area contributed by atoms with Gasteiger partial charge in [-0.1, -0.05) is 12.1 Å². The second kappa shape index (κ2) is 5.76. The molecular weight excluding hydrogens is 278 g/mol. The van der Waals surface area contributed by atoms with Gasteiger partial charge in [-0.15, -0.1) is 0 Å². The summed E-state index contributed by atoms with van der Waals surface area (Å²) in [5.74, 6) is -0.179. The maximum atomic E-state index is 11.1. The Morgan fingerprint density at radius 3 is 2.33 bits per heavy atom. The molecule has 0 amide bonds. The van der Waals surface area contributed by atoms with Crippen molar-refractivity contribution < 1.29 is 16.8 Å². The van der Waals surface area contributed by atoms with E-state index in [0.717, 1.165) is 0 Å². The summed E-state index contributed by atoms with van der Waals surface area (Å²) in [5.41, 5.74) is 0.691. The number of hydrogen-bond donors (Lipinski definition) is 3. The van der Waals surface area contributed by atoms with E-state index >= 15 is 0 Å². The summed E-state index contributed by atoms with van der Waals surface area (Å²) in [7, 11) is -7.21. The minimum atomic E-state index is -3.72. The summed E-state index contributed by atoms with van der Waals surface area (Å²) in [6.45, 7) is 0.525. The van der Waals surface area contributed by atoms with Crippen molar-refractivity contribution in [3.63, 3.8) is 0 Å². The highest BCUT2D eigenvalue weighted by Crippen LogP contribution is 2.09. The van der Waals surface area contributed by atoms with Gasteiger partial charge in [0.1, 0.15) is 0 Å². The van der Waals surface area contributed by atoms with Gasteiger partial charge in [0.2, 0.25) is 20.0 Å². The molecule has 0 aliphatic rings. The van der Waals surface area contributed by atoms with E-state index in [9.17, 15) is 16.8 Å². The molecule has 0 aliphatic carbocycles. The Bertz CT molecular complexity index is 610. The molecule has 1 aromatic rings. The van der Waals surface area contributed by atoms with Crippen LogP contribution in [0.2, 0.25) is 0 Å². The van der Waals surface area contributed by atoms with Crippen LogP contribution >= 0.6 is 0 Å². The van der Waals surface area contributed by atoms with E-state index in [1.54, 1.807) is 12.1 Å². The molecule has 0 saturated carbocycles. The minimum Gasteiger partial charge on any atom is -0.312 e. The predicted octanol–water partition coefficient (Wildman–Crippen LogP) is -1.29. The normalized spacial score (nSPS) is 12.6. The smallest absolute Gasteiger partial charge is 0.238 e. The Hall–Kier alpha value is -1.00. The molecule has 1 aromatic carbocycles. The van der Waals surface area contributed by atoms with Crippen LogP contribution in [-0.4, -0.2) is 29.1 Å². The number of sulfonamides is 2. The highest BCUT2D eigenvalue weighted by Gasteiger charge is 2.07. The Balaban J connectivity index is 2.59. The van der Waals surface area contributed by atoms with Crippen molar-refractivity contribution in [2.75, 3.05) is 12.3 Å². The maximum Gasteiger partial charge on any atom is 0.238 e. The molecule has 102 valence electrons. The van der Waals surface area contributed by atoms with Gasteiger partial charge in [0.25, 0.3) is 0 Å². The highest BCUT2D eigenvalue weighted by molar-refractivity contribution is 7.89. The maximum absolute atomic E-state index is 11.1. The second-order valence-electron chi connectivity index (χ2n) is 3.74. The molecule has 0 spiro atoms. The lowest BCUT2D eigenvalue weighted by Gasteiger charge is -2.05. The van der Waals surface area contributed by atoms with Crippen molar-refractivity contribution in [3.8, 4) is 0 Å². The zero-order valence-corrected chi connectivity index (χ0v) is 11.2. The zero-order chi connectivity index (χ0) is 13.8. The van der Waals surface area contributed by atoms with Crippen LogP contribution in [0.1, 0.15) is 5.56 Å². The fourth-order valence-corrected chi connectivity index (χ4v) is 2.29. The lowest BCUT2D eigenvalue weighted by molar-refractivity contribution is 0.592. The van der Waals surface area contributed by atoms with Crippen molar-refractivity contribution in [1.29, 1.82) is 0 Å². The fourth-order valence-electron chi connectivity index (χ4n) is 1.28. The Morgan fingerprint density at radius 1 is 1.11 bits per heavy atom. The van der Waals surface area contributed by atoms with Gasteiger partial charge in [0.05, 0.1) is 10.6 Å². The number of rotatable bonds is 6. The molecule has 0 aliphatic heterocycles. The first-order valence-electron chi connectivity index (χ1n) is 5.01. The number of hydrogen-bond acceptors (Lipinski definition) is 5. The molecule has 0 atom stereocenters. The fraction of sp³-hybridized carbons (Fsp3) is 0.333. The van der Waals surface area contributed by atoms with Crippen LogP contribution in [0, 0.1) is 0 Å². The number of nitrogens with two attached hydrogens (primary N) is 2. The van der Waals surface area contributed by atoms with Crippen LogP contribution in [0.25, 0.3) is 0 Å². The number of benzene rings is 1. The van der Waals surface area contributed by atoms with Crippen molar-refractivity contribution >= 4 is 20.0 Å². The first-order chi connectivity index (χ1) is 8.18. The average molecular weight is 293 g/mol. The molecule has 1 rings (SSSR count). The van der Waals surface area contributed by atoms with Crippen molar-refractivity contribution in [2.24, 2.45) is 10.3 Å². The monoisotopic (exact) mass is 293 g/mol. The third kappa shape index (κ3) is 5.56. The van der Waals surface area contributed by atoms with E-state index in [1.807, 2.05) is 0 Å². The van der Waals surface area contributed by atoms with E-state index in [-0.39, 0.29) is 17.2 Å². The Kier molecular flexibility index (Phi) is 4.82. The van der Waals surface area contributed by atoms with Crippen molar-refractivity contribution in [3.05, 3.63) is 29.8 Å². The van der Waals surface area contributed by atoms with E-state index in [0.29, 0.717) is 12.1 Å². The largest absolute Gasteiger partial charge is 0.312 e. The van der Waals surface area contributed by atoms with E-state index in [2.05, 4.69) is 5.32 Å².